The van der Waals surface area contributed by atoms with E-state index in [0.717, 1.165) is 0 Å². The Morgan fingerprint density at radius 1 is 1.65 bits per heavy atom. The first-order valence-electron chi connectivity index (χ1n) is 5.33. The van der Waals surface area contributed by atoms with Crippen LogP contribution in [-0.2, 0) is 0 Å². The van der Waals surface area contributed by atoms with E-state index in [1.54, 1.807) is 33.0 Å². The van der Waals surface area contributed by atoms with Crippen LogP contribution >= 0.6 is 0 Å². The average Bonchev–Trinajstić information content (AvgIpc) is 2.35. The summed E-state index contributed by atoms with van der Waals surface area (Å²) in [4.78, 5) is 17.7. The number of likely N-dealkylation sites (N-methyl/N-ethyl adjacent to an activating group) is 1. The Hall–Kier alpha value is -1.66. The summed E-state index contributed by atoms with van der Waals surface area (Å²) in [6, 6.07) is 3.03. The van der Waals surface area contributed by atoms with Gasteiger partial charge in [-0.1, -0.05) is 0 Å². The molecule has 94 valence electrons. The number of amides is 1. The topological polar surface area (TPSA) is 91.5 Å². The Kier molecular flexibility index (Phi) is 4.42. The number of aliphatic hydroxyl groups is 1. The molecule has 0 aliphatic heterocycles. The van der Waals surface area contributed by atoms with Crippen molar-refractivity contribution in [2.75, 3.05) is 19.1 Å². The van der Waals surface area contributed by atoms with Gasteiger partial charge in [-0.2, -0.15) is 0 Å². The number of pyridine rings is 1. The molecule has 0 saturated carbocycles. The molecular formula is C11H18N4O2. The molecule has 6 nitrogen and oxygen atoms in total. The second kappa shape index (κ2) is 5.60. The maximum Gasteiger partial charge on any atom is 0.254 e. The van der Waals surface area contributed by atoms with E-state index < -0.39 is 0 Å². The van der Waals surface area contributed by atoms with Gasteiger partial charge < -0.3 is 15.4 Å². The number of nitrogens with one attached hydrogen (secondary N) is 1. The molecule has 0 spiro atoms. The number of carbonyl (C=O) groups excluding carboxylic acids is 1. The number of hydrogen-bond donors (Lipinski definition) is 3. The van der Waals surface area contributed by atoms with Crippen molar-refractivity contribution in [2.45, 2.75) is 19.9 Å². The smallest absolute Gasteiger partial charge is 0.254 e. The van der Waals surface area contributed by atoms with E-state index in [1.807, 2.05) is 0 Å². The highest BCUT2D eigenvalue weighted by molar-refractivity contribution is 5.95. The van der Waals surface area contributed by atoms with Crippen molar-refractivity contribution in [1.29, 1.82) is 0 Å². The summed E-state index contributed by atoms with van der Waals surface area (Å²) in [7, 11) is 1.65. The summed E-state index contributed by atoms with van der Waals surface area (Å²) in [6.07, 6.45) is 0. The zero-order valence-corrected chi connectivity index (χ0v) is 10.3. The van der Waals surface area contributed by atoms with Gasteiger partial charge in [0.15, 0.2) is 0 Å². The minimum absolute atomic E-state index is 0.0751. The first-order chi connectivity index (χ1) is 7.99. The third kappa shape index (κ3) is 3.15. The Labute approximate surface area is 100 Å². The number of aryl methyl sites for hydroxylation is 1. The number of nitrogens with zero attached hydrogens (tertiary/aromatic N) is 2. The molecule has 6 heteroatoms. The fourth-order valence-electron chi connectivity index (χ4n) is 1.39. The minimum Gasteiger partial charge on any atom is -0.394 e. The van der Waals surface area contributed by atoms with Crippen molar-refractivity contribution in [3.05, 3.63) is 23.4 Å². The third-order valence-electron chi connectivity index (χ3n) is 2.59. The summed E-state index contributed by atoms with van der Waals surface area (Å²) in [5.74, 6) is 5.54. The van der Waals surface area contributed by atoms with Crippen LogP contribution in [0.2, 0.25) is 0 Å². The Morgan fingerprint density at radius 2 is 2.29 bits per heavy atom. The predicted octanol–water partition coefficient (Wildman–Crippen LogP) is 0.128. The molecule has 1 rings (SSSR count). The highest BCUT2D eigenvalue weighted by Crippen LogP contribution is 2.12. The third-order valence-corrected chi connectivity index (χ3v) is 2.59. The average molecular weight is 238 g/mol. The number of rotatable bonds is 4. The molecule has 0 bridgehead atoms. The van der Waals surface area contributed by atoms with Gasteiger partial charge in [-0.3, -0.25) is 4.79 Å². The van der Waals surface area contributed by atoms with Crippen LogP contribution < -0.4 is 11.3 Å². The lowest BCUT2D eigenvalue weighted by atomic mass is 10.2. The molecule has 17 heavy (non-hydrogen) atoms. The Morgan fingerprint density at radius 3 is 2.82 bits per heavy atom. The molecule has 1 atom stereocenters. The lowest BCUT2D eigenvalue weighted by molar-refractivity contribution is 0.0682. The van der Waals surface area contributed by atoms with Gasteiger partial charge >= 0.3 is 0 Å². The molecule has 1 amide bonds. The number of aliphatic hydroxyl groups excluding tert-OH is 1. The van der Waals surface area contributed by atoms with E-state index in [4.69, 9.17) is 10.9 Å². The van der Waals surface area contributed by atoms with Gasteiger partial charge in [0, 0.05) is 18.3 Å². The SMILES string of the molecule is Cc1cc(C(=O)N(C)C(C)CO)cc(NN)n1. The maximum absolute atomic E-state index is 12.1. The van der Waals surface area contributed by atoms with Gasteiger partial charge in [0.05, 0.1) is 12.6 Å². The lowest BCUT2D eigenvalue weighted by Crippen LogP contribution is -2.37. The van der Waals surface area contributed by atoms with Crippen molar-refractivity contribution < 1.29 is 9.90 Å². The number of nitrogens with two attached hydrogens (primary N) is 1. The molecule has 0 fully saturated rings. The van der Waals surface area contributed by atoms with Crippen LogP contribution in [-0.4, -0.2) is 40.6 Å². The van der Waals surface area contributed by atoms with E-state index in [0.29, 0.717) is 17.1 Å². The Bertz CT molecular complexity index is 408. The summed E-state index contributed by atoms with van der Waals surface area (Å²) in [5.41, 5.74) is 3.61. The van der Waals surface area contributed by atoms with Gasteiger partial charge in [0.25, 0.3) is 5.91 Å². The van der Waals surface area contributed by atoms with Crippen LogP contribution in [0.3, 0.4) is 0 Å². The number of anilines is 1. The summed E-state index contributed by atoms with van der Waals surface area (Å²) in [5, 5.41) is 9.02. The minimum atomic E-state index is -0.231. The highest BCUT2D eigenvalue weighted by atomic mass is 16.3. The lowest BCUT2D eigenvalue weighted by Gasteiger charge is -2.23. The van der Waals surface area contributed by atoms with Crippen molar-refractivity contribution in [3.8, 4) is 0 Å². The van der Waals surface area contributed by atoms with Gasteiger partial charge in [0.1, 0.15) is 5.82 Å². The summed E-state index contributed by atoms with van der Waals surface area (Å²) >= 11 is 0. The quantitative estimate of drug-likeness (QED) is 0.512. The molecule has 1 unspecified atom stereocenters. The Balaban J connectivity index is 2.99. The van der Waals surface area contributed by atoms with Crippen LogP contribution in [0.1, 0.15) is 23.0 Å². The molecule has 0 aliphatic carbocycles. The van der Waals surface area contributed by atoms with Crippen LogP contribution in [0.25, 0.3) is 0 Å². The van der Waals surface area contributed by atoms with Crippen molar-refractivity contribution in [1.82, 2.24) is 9.88 Å². The van der Waals surface area contributed by atoms with Crippen molar-refractivity contribution in [3.63, 3.8) is 0 Å². The van der Waals surface area contributed by atoms with Gasteiger partial charge in [-0.15, -0.1) is 0 Å². The van der Waals surface area contributed by atoms with Gasteiger partial charge in [-0.25, -0.2) is 10.8 Å². The molecule has 1 aromatic rings. The highest BCUT2D eigenvalue weighted by Gasteiger charge is 2.17. The second-order valence-electron chi connectivity index (χ2n) is 3.97. The van der Waals surface area contributed by atoms with Crippen LogP contribution in [0, 0.1) is 6.92 Å². The van der Waals surface area contributed by atoms with Crippen LogP contribution in [0.15, 0.2) is 12.1 Å². The summed E-state index contributed by atoms with van der Waals surface area (Å²) in [6.45, 7) is 3.48. The molecule has 1 aromatic heterocycles. The number of hydrogen-bond acceptors (Lipinski definition) is 5. The number of aromatic nitrogens is 1. The van der Waals surface area contributed by atoms with E-state index >= 15 is 0 Å². The van der Waals surface area contributed by atoms with E-state index in [9.17, 15) is 4.79 Å². The number of nitrogen functional groups attached to an aromatic ring is 1. The summed E-state index contributed by atoms with van der Waals surface area (Å²) < 4.78 is 0. The molecule has 0 aromatic carbocycles. The monoisotopic (exact) mass is 238 g/mol. The maximum atomic E-state index is 12.1. The molecule has 0 saturated heterocycles. The molecular weight excluding hydrogens is 220 g/mol. The zero-order chi connectivity index (χ0) is 13.0. The first kappa shape index (κ1) is 13.4. The fraction of sp³-hybridized carbons (Fsp3) is 0.455. The van der Waals surface area contributed by atoms with Crippen LogP contribution in [0.5, 0.6) is 0 Å². The largest absolute Gasteiger partial charge is 0.394 e. The van der Waals surface area contributed by atoms with E-state index in [2.05, 4.69) is 10.4 Å². The molecule has 0 radical (unpaired) electrons. The normalized spacial score (nSPS) is 12.1. The van der Waals surface area contributed by atoms with Gasteiger partial charge in [-0.05, 0) is 26.0 Å². The predicted molar refractivity (Wildman–Crippen MR) is 65.4 cm³/mol. The van der Waals surface area contributed by atoms with Gasteiger partial charge in [0.2, 0.25) is 0 Å². The van der Waals surface area contributed by atoms with E-state index in [1.165, 1.54) is 4.90 Å². The van der Waals surface area contributed by atoms with E-state index in [-0.39, 0.29) is 18.6 Å². The number of hydrazine groups is 1. The first-order valence-corrected chi connectivity index (χ1v) is 5.33. The standard InChI is InChI=1S/C11H18N4O2/c1-7-4-9(5-10(13-7)14-12)11(17)15(3)8(2)6-16/h4-5,8,16H,6,12H2,1-3H3,(H,13,14). The molecule has 0 aliphatic rings. The van der Waals surface area contributed by atoms with Crippen molar-refractivity contribution in [2.24, 2.45) is 5.84 Å². The molecule has 4 N–H and O–H groups in total. The zero-order valence-electron chi connectivity index (χ0n) is 10.3. The molecule has 1 heterocycles. The number of carbonyl (C=O) groups is 1. The fourth-order valence-corrected chi connectivity index (χ4v) is 1.39. The van der Waals surface area contributed by atoms with Crippen LogP contribution in [0.4, 0.5) is 5.82 Å². The van der Waals surface area contributed by atoms with Crippen molar-refractivity contribution >= 4 is 11.7 Å². The second-order valence-corrected chi connectivity index (χ2v) is 3.97.